The van der Waals surface area contributed by atoms with Crippen LogP contribution in [0.25, 0.3) is 0 Å². The molecule has 0 saturated heterocycles. The molecule has 0 atom stereocenters. The third-order valence-electron chi connectivity index (χ3n) is 2.24. The third-order valence-corrected chi connectivity index (χ3v) is 3.24. The van der Waals surface area contributed by atoms with Crippen molar-refractivity contribution in [1.82, 2.24) is 4.98 Å². The maximum absolute atomic E-state index is 13.3. The molecule has 0 radical (unpaired) electrons. The number of nitrogens with zero attached hydrogens (tertiary/aromatic N) is 1. The maximum Gasteiger partial charge on any atom is 0.256 e. The Morgan fingerprint density at radius 3 is 2.59 bits per heavy atom. The molecule has 2 nitrogen and oxygen atoms in total. The Bertz CT molecular complexity index is 490. The van der Waals surface area contributed by atoms with Gasteiger partial charge in [0, 0.05) is 5.75 Å². The molecule has 1 aromatic heterocycles. The first-order valence-electron chi connectivity index (χ1n) is 5.17. The lowest BCUT2D eigenvalue weighted by Gasteiger charge is -2.04. The van der Waals surface area contributed by atoms with Gasteiger partial charge in [0.15, 0.2) is 5.75 Å². The van der Waals surface area contributed by atoms with E-state index in [1.165, 1.54) is 24.4 Å². The van der Waals surface area contributed by atoms with E-state index in [0.717, 1.165) is 5.75 Å². The van der Waals surface area contributed by atoms with E-state index in [9.17, 15) is 4.39 Å². The van der Waals surface area contributed by atoms with Gasteiger partial charge < -0.3 is 4.74 Å². The van der Waals surface area contributed by atoms with Crippen molar-refractivity contribution in [2.24, 2.45) is 0 Å². The van der Waals surface area contributed by atoms with Crippen LogP contribution < -0.4 is 4.74 Å². The minimum absolute atomic E-state index is 0.175. The molecular weight excluding hydrogens is 237 g/mol. The van der Waals surface area contributed by atoms with E-state index < -0.39 is 5.95 Å². The molecule has 2 rings (SSSR count). The quantitative estimate of drug-likeness (QED) is 0.611. The van der Waals surface area contributed by atoms with Crippen LogP contribution in [0.2, 0.25) is 0 Å². The molecule has 0 aliphatic rings. The monoisotopic (exact) mass is 249 g/mol. The summed E-state index contributed by atoms with van der Waals surface area (Å²) in [4.78, 5) is 3.83. The smallest absolute Gasteiger partial charge is 0.256 e. The Kier molecular flexibility index (Phi) is 3.98. The number of hydrogen-bond acceptors (Lipinski definition) is 3. The standard InChI is InChI=1S/C13H12FNOS/c1-16-11-7-8-12(15-13(11)14)17-9-10-5-3-2-4-6-10/h2-8H,9H2,1H3. The predicted octanol–water partition coefficient (Wildman–Crippen LogP) is 3.52. The first-order chi connectivity index (χ1) is 8.29. The average molecular weight is 249 g/mol. The van der Waals surface area contributed by atoms with E-state index >= 15 is 0 Å². The number of rotatable bonds is 4. The summed E-state index contributed by atoms with van der Waals surface area (Å²) in [5.41, 5.74) is 1.19. The van der Waals surface area contributed by atoms with E-state index in [1.807, 2.05) is 30.3 Å². The summed E-state index contributed by atoms with van der Waals surface area (Å²) in [5, 5.41) is 0.659. The minimum Gasteiger partial charge on any atom is -0.492 e. The summed E-state index contributed by atoms with van der Waals surface area (Å²) in [6.07, 6.45) is 0. The van der Waals surface area contributed by atoms with E-state index in [0.29, 0.717) is 5.03 Å². The van der Waals surface area contributed by atoms with Crippen molar-refractivity contribution in [3.63, 3.8) is 0 Å². The molecule has 1 heterocycles. The average Bonchev–Trinajstić information content (AvgIpc) is 2.38. The lowest BCUT2D eigenvalue weighted by Crippen LogP contribution is -1.92. The molecule has 0 unspecified atom stereocenters. The first kappa shape index (κ1) is 11.9. The van der Waals surface area contributed by atoms with Crippen molar-refractivity contribution in [2.75, 3.05) is 7.11 Å². The zero-order chi connectivity index (χ0) is 12.1. The van der Waals surface area contributed by atoms with Crippen LogP contribution in [-0.4, -0.2) is 12.1 Å². The highest BCUT2D eigenvalue weighted by atomic mass is 32.2. The van der Waals surface area contributed by atoms with E-state index in [-0.39, 0.29) is 5.75 Å². The molecule has 88 valence electrons. The number of aromatic nitrogens is 1. The third kappa shape index (κ3) is 3.20. The van der Waals surface area contributed by atoms with Crippen LogP contribution in [0, 0.1) is 5.95 Å². The lowest BCUT2D eigenvalue weighted by molar-refractivity contribution is 0.375. The number of benzene rings is 1. The summed E-state index contributed by atoms with van der Waals surface area (Å²) in [6, 6.07) is 13.4. The topological polar surface area (TPSA) is 22.1 Å². The molecule has 0 fully saturated rings. The number of pyridine rings is 1. The second kappa shape index (κ2) is 5.68. The summed E-state index contributed by atoms with van der Waals surface area (Å²) < 4.78 is 18.1. The summed E-state index contributed by atoms with van der Waals surface area (Å²) in [7, 11) is 1.43. The highest BCUT2D eigenvalue weighted by molar-refractivity contribution is 7.98. The van der Waals surface area contributed by atoms with Crippen molar-refractivity contribution in [1.29, 1.82) is 0 Å². The molecule has 0 aliphatic heterocycles. The van der Waals surface area contributed by atoms with Gasteiger partial charge in [-0.25, -0.2) is 4.98 Å². The number of thioether (sulfide) groups is 1. The Hall–Kier alpha value is -1.55. The van der Waals surface area contributed by atoms with Gasteiger partial charge >= 0.3 is 0 Å². The second-order valence-corrected chi connectivity index (χ2v) is 4.41. The lowest BCUT2D eigenvalue weighted by atomic mass is 10.2. The van der Waals surface area contributed by atoms with Crippen molar-refractivity contribution < 1.29 is 9.13 Å². The minimum atomic E-state index is -0.564. The Labute approximate surface area is 104 Å². The zero-order valence-electron chi connectivity index (χ0n) is 9.39. The van der Waals surface area contributed by atoms with Gasteiger partial charge in [-0.2, -0.15) is 4.39 Å². The van der Waals surface area contributed by atoms with Crippen molar-refractivity contribution in [2.45, 2.75) is 10.8 Å². The molecule has 0 N–H and O–H groups in total. The molecule has 0 spiro atoms. The fourth-order valence-electron chi connectivity index (χ4n) is 1.37. The molecule has 2 aromatic rings. The Balaban J connectivity index is 2.02. The second-order valence-electron chi connectivity index (χ2n) is 3.42. The van der Waals surface area contributed by atoms with E-state index in [1.54, 1.807) is 12.1 Å². The summed E-state index contributed by atoms with van der Waals surface area (Å²) in [6.45, 7) is 0. The van der Waals surface area contributed by atoms with E-state index in [2.05, 4.69) is 4.98 Å². The van der Waals surface area contributed by atoms with Crippen LogP contribution in [-0.2, 0) is 5.75 Å². The molecule has 0 bridgehead atoms. The van der Waals surface area contributed by atoms with Crippen LogP contribution in [0.4, 0.5) is 4.39 Å². The summed E-state index contributed by atoms with van der Waals surface area (Å²) >= 11 is 1.50. The van der Waals surface area contributed by atoms with Gasteiger partial charge in [0.25, 0.3) is 5.95 Å². The molecule has 1 aromatic carbocycles. The van der Waals surface area contributed by atoms with Crippen molar-refractivity contribution in [3.8, 4) is 5.75 Å². The molecule has 4 heteroatoms. The van der Waals surface area contributed by atoms with E-state index in [4.69, 9.17) is 4.74 Å². The van der Waals surface area contributed by atoms with Crippen LogP contribution in [0.3, 0.4) is 0 Å². The number of methoxy groups -OCH3 is 1. The fourth-order valence-corrected chi connectivity index (χ4v) is 2.18. The van der Waals surface area contributed by atoms with Crippen LogP contribution in [0.15, 0.2) is 47.5 Å². The molecular formula is C13H12FNOS. The van der Waals surface area contributed by atoms with Gasteiger partial charge in [-0.15, -0.1) is 11.8 Å². The van der Waals surface area contributed by atoms with Gasteiger partial charge in [-0.1, -0.05) is 30.3 Å². The SMILES string of the molecule is COc1ccc(SCc2ccccc2)nc1F. The number of hydrogen-bond donors (Lipinski definition) is 0. The van der Waals surface area contributed by atoms with Gasteiger partial charge in [0.1, 0.15) is 0 Å². The van der Waals surface area contributed by atoms with Crippen molar-refractivity contribution >= 4 is 11.8 Å². The molecule has 0 aliphatic carbocycles. The summed E-state index contributed by atoms with van der Waals surface area (Å²) in [5.74, 6) is 0.388. The molecule has 0 amide bonds. The Morgan fingerprint density at radius 1 is 1.18 bits per heavy atom. The van der Waals surface area contributed by atoms with Crippen LogP contribution in [0.5, 0.6) is 5.75 Å². The van der Waals surface area contributed by atoms with Crippen LogP contribution in [0.1, 0.15) is 5.56 Å². The Morgan fingerprint density at radius 2 is 1.94 bits per heavy atom. The number of ether oxygens (including phenoxy) is 1. The molecule has 0 saturated carbocycles. The first-order valence-corrected chi connectivity index (χ1v) is 6.15. The van der Waals surface area contributed by atoms with Gasteiger partial charge in [0.2, 0.25) is 0 Å². The predicted molar refractivity (Wildman–Crippen MR) is 66.8 cm³/mol. The van der Waals surface area contributed by atoms with Gasteiger partial charge in [0.05, 0.1) is 12.1 Å². The fraction of sp³-hybridized carbons (Fsp3) is 0.154. The highest BCUT2D eigenvalue weighted by Crippen LogP contribution is 2.24. The largest absolute Gasteiger partial charge is 0.492 e. The van der Waals surface area contributed by atoms with Crippen molar-refractivity contribution in [3.05, 3.63) is 54.0 Å². The van der Waals surface area contributed by atoms with Gasteiger partial charge in [-0.05, 0) is 17.7 Å². The van der Waals surface area contributed by atoms with Gasteiger partial charge in [-0.3, -0.25) is 0 Å². The number of halogens is 1. The molecule has 17 heavy (non-hydrogen) atoms. The highest BCUT2D eigenvalue weighted by Gasteiger charge is 2.05. The normalized spacial score (nSPS) is 10.2. The maximum atomic E-state index is 13.3. The zero-order valence-corrected chi connectivity index (χ0v) is 10.2. The van der Waals surface area contributed by atoms with Crippen LogP contribution >= 0.6 is 11.8 Å².